The Morgan fingerprint density at radius 2 is 2.00 bits per heavy atom. The van der Waals surface area contributed by atoms with Crippen LogP contribution in [0.5, 0.6) is 11.5 Å². The molecule has 3 rings (SSSR count). The number of amides is 1. The molecule has 1 aromatic carbocycles. The van der Waals surface area contributed by atoms with Crippen molar-refractivity contribution < 1.29 is 14.3 Å². The molecule has 0 aromatic heterocycles. The van der Waals surface area contributed by atoms with Crippen molar-refractivity contribution in [3.63, 3.8) is 0 Å². The fourth-order valence-electron chi connectivity index (χ4n) is 3.51. The molecule has 2 aliphatic rings. The molecule has 1 N–H and O–H groups in total. The lowest BCUT2D eigenvalue weighted by atomic mass is 10.0. The van der Waals surface area contributed by atoms with Gasteiger partial charge in [0.15, 0.2) is 11.5 Å². The Bertz CT molecular complexity index is 600. The van der Waals surface area contributed by atoms with Crippen molar-refractivity contribution in [1.29, 1.82) is 0 Å². The number of nitrogens with one attached hydrogen (secondary N) is 1. The largest absolute Gasteiger partial charge is 0.493 e. The Hall–Kier alpha value is -1.17. The molecule has 5 nitrogen and oxygen atoms in total. The summed E-state index contributed by atoms with van der Waals surface area (Å²) in [6.07, 6.45) is 1.99. The highest BCUT2D eigenvalue weighted by Crippen LogP contribution is 2.37. The molecular weight excluding hydrogens is 363 g/mol. The molecule has 7 heteroatoms. The van der Waals surface area contributed by atoms with Crippen molar-refractivity contribution in [3.8, 4) is 11.5 Å². The van der Waals surface area contributed by atoms with E-state index in [1.165, 1.54) is 0 Å². The maximum Gasteiger partial charge on any atom is 0.254 e. The van der Waals surface area contributed by atoms with Crippen LogP contribution in [0.25, 0.3) is 0 Å². The normalized spacial score (nSPS) is 21.6. The average Bonchev–Trinajstić information content (AvgIpc) is 3.17. The van der Waals surface area contributed by atoms with E-state index in [0.29, 0.717) is 40.5 Å². The van der Waals surface area contributed by atoms with Crippen molar-refractivity contribution in [1.82, 2.24) is 10.2 Å². The monoisotopic (exact) mass is 388 g/mol. The van der Waals surface area contributed by atoms with Crippen LogP contribution in [0, 0.1) is 11.8 Å². The molecule has 2 fully saturated rings. The van der Waals surface area contributed by atoms with Gasteiger partial charge in [-0.15, -0.1) is 12.4 Å². The fraction of sp³-hybridized carbons (Fsp3) is 0.611. The van der Waals surface area contributed by atoms with Gasteiger partial charge in [-0.3, -0.25) is 4.79 Å². The van der Waals surface area contributed by atoms with Gasteiger partial charge in [0.2, 0.25) is 0 Å². The van der Waals surface area contributed by atoms with E-state index in [2.05, 4.69) is 12.2 Å². The summed E-state index contributed by atoms with van der Waals surface area (Å²) < 4.78 is 11.1. The first-order chi connectivity index (χ1) is 11.6. The average molecular weight is 389 g/mol. The molecular formula is C18H26Cl2N2O3. The van der Waals surface area contributed by atoms with Crippen LogP contribution >= 0.6 is 24.0 Å². The minimum Gasteiger partial charge on any atom is -0.493 e. The van der Waals surface area contributed by atoms with E-state index in [0.717, 1.165) is 39.0 Å². The first-order valence-corrected chi connectivity index (χ1v) is 9.02. The van der Waals surface area contributed by atoms with Gasteiger partial charge in [-0.1, -0.05) is 24.9 Å². The Morgan fingerprint density at radius 3 is 2.60 bits per heavy atom. The van der Waals surface area contributed by atoms with Gasteiger partial charge in [0.25, 0.3) is 5.91 Å². The minimum absolute atomic E-state index is 0. The number of likely N-dealkylation sites (tertiary alicyclic amines) is 1. The third-order valence-electron chi connectivity index (χ3n) is 4.90. The van der Waals surface area contributed by atoms with Crippen LogP contribution in [-0.4, -0.2) is 50.7 Å². The van der Waals surface area contributed by atoms with Crippen LogP contribution < -0.4 is 14.8 Å². The first kappa shape index (κ1) is 20.1. The molecule has 2 heterocycles. The second-order valence-corrected chi connectivity index (χ2v) is 6.99. The van der Waals surface area contributed by atoms with Crippen LogP contribution in [0.2, 0.25) is 5.02 Å². The first-order valence-electron chi connectivity index (χ1n) is 8.64. The molecule has 0 aliphatic carbocycles. The van der Waals surface area contributed by atoms with Gasteiger partial charge >= 0.3 is 0 Å². The zero-order chi connectivity index (χ0) is 17.1. The SMILES string of the molecule is CCCCOc1c(Cl)cc(C(=O)N2C[C@H]3CNC[C@H]3C2)cc1OC.Cl. The van der Waals surface area contributed by atoms with Crippen molar-refractivity contribution in [2.45, 2.75) is 19.8 Å². The summed E-state index contributed by atoms with van der Waals surface area (Å²) >= 11 is 6.35. The molecule has 25 heavy (non-hydrogen) atoms. The van der Waals surface area contributed by atoms with E-state index in [1.807, 2.05) is 4.90 Å². The summed E-state index contributed by atoms with van der Waals surface area (Å²) in [5.74, 6) is 2.20. The Morgan fingerprint density at radius 1 is 1.32 bits per heavy atom. The highest BCUT2D eigenvalue weighted by Gasteiger charge is 2.38. The highest BCUT2D eigenvalue weighted by molar-refractivity contribution is 6.32. The number of ether oxygens (including phenoxy) is 2. The molecule has 0 bridgehead atoms. The van der Waals surface area contributed by atoms with E-state index >= 15 is 0 Å². The number of nitrogens with zero attached hydrogens (tertiary/aromatic N) is 1. The standard InChI is InChI=1S/C18H25ClN2O3.ClH/c1-3-4-5-24-17-15(19)6-12(7-16(17)23-2)18(22)21-10-13-8-20-9-14(13)11-21;/h6-7,13-14,20H,3-5,8-11H2,1-2H3;1H/t13-,14+;. The molecule has 0 unspecified atom stereocenters. The van der Waals surface area contributed by atoms with Crippen molar-refractivity contribution >= 4 is 29.9 Å². The number of unbranched alkanes of at least 4 members (excludes halogenated alkanes) is 1. The van der Waals surface area contributed by atoms with E-state index in [1.54, 1.807) is 19.2 Å². The van der Waals surface area contributed by atoms with Crippen LogP contribution in [0.3, 0.4) is 0 Å². The molecule has 0 spiro atoms. The van der Waals surface area contributed by atoms with Gasteiger partial charge in [-0.25, -0.2) is 0 Å². The second-order valence-electron chi connectivity index (χ2n) is 6.58. The molecule has 1 amide bonds. The van der Waals surface area contributed by atoms with Gasteiger partial charge in [0, 0.05) is 31.7 Å². The van der Waals surface area contributed by atoms with Gasteiger partial charge in [0.05, 0.1) is 18.7 Å². The molecule has 1 aromatic rings. The maximum absolute atomic E-state index is 12.8. The van der Waals surface area contributed by atoms with Crippen LogP contribution in [0.15, 0.2) is 12.1 Å². The number of rotatable bonds is 6. The maximum atomic E-state index is 12.8. The van der Waals surface area contributed by atoms with Crippen LogP contribution in [-0.2, 0) is 0 Å². The van der Waals surface area contributed by atoms with E-state index in [-0.39, 0.29) is 18.3 Å². The zero-order valence-corrected chi connectivity index (χ0v) is 16.3. The number of methoxy groups -OCH3 is 1. The number of fused-ring (bicyclic) bond motifs is 1. The number of halogens is 2. The summed E-state index contributed by atoms with van der Waals surface area (Å²) in [6, 6.07) is 3.43. The lowest BCUT2D eigenvalue weighted by molar-refractivity contribution is 0.0781. The summed E-state index contributed by atoms with van der Waals surface area (Å²) in [4.78, 5) is 14.8. The summed E-state index contributed by atoms with van der Waals surface area (Å²) in [7, 11) is 1.57. The number of carbonyl (C=O) groups excluding carboxylic acids is 1. The molecule has 2 saturated heterocycles. The lowest BCUT2D eigenvalue weighted by Gasteiger charge is -2.19. The van der Waals surface area contributed by atoms with Crippen LogP contribution in [0.4, 0.5) is 0 Å². The smallest absolute Gasteiger partial charge is 0.254 e. The summed E-state index contributed by atoms with van der Waals surface area (Å²) in [5, 5.41) is 3.81. The van der Waals surface area contributed by atoms with E-state index in [9.17, 15) is 4.79 Å². The lowest BCUT2D eigenvalue weighted by Crippen LogP contribution is -2.31. The summed E-state index contributed by atoms with van der Waals surface area (Å²) in [5.41, 5.74) is 0.563. The Labute approximate surface area is 160 Å². The van der Waals surface area contributed by atoms with Crippen molar-refractivity contribution in [2.24, 2.45) is 11.8 Å². The number of hydrogen-bond acceptors (Lipinski definition) is 4. The van der Waals surface area contributed by atoms with Crippen molar-refractivity contribution in [2.75, 3.05) is 39.9 Å². The Kier molecular flexibility index (Phi) is 7.23. The molecule has 2 aliphatic heterocycles. The highest BCUT2D eigenvalue weighted by atomic mass is 35.5. The number of hydrogen-bond donors (Lipinski definition) is 1. The van der Waals surface area contributed by atoms with Gasteiger partial charge in [-0.05, 0) is 30.4 Å². The number of carbonyl (C=O) groups is 1. The summed E-state index contributed by atoms with van der Waals surface area (Å²) in [6.45, 7) is 6.31. The third kappa shape index (κ3) is 4.33. The molecule has 2 atom stereocenters. The second kappa shape index (κ2) is 8.97. The minimum atomic E-state index is 0. The predicted octanol–water partition coefficient (Wildman–Crippen LogP) is 3.24. The van der Waals surface area contributed by atoms with Crippen LogP contribution in [0.1, 0.15) is 30.1 Å². The van der Waals surface area contributed by atoms with E-state index < -0.39 is 0 Å². The van der Waals surface area contributed by atoms with Gasteiger partial charge < -0.3 is 19.7 Å². The topological polar surface area (TPSA) is 50.8 Å². The molecule has 140 valence electrons. The van der Waals surface area contributed by atoms with Crippen molar-refractivity contribution in [3.05, 3.63) is 22.7 Å². The Balaban J connectivity index is 0.00000225. The quantitative estimate of drug-likeness (QED) is 0.759. The van der Waals surface area contributed by atoms with Gasteiger partial charge in [-0.2, -0.15) is 0 Å². The fourth-order valence-corrected chi connectivity index (χ4v) is 3.77. The number of benzene rings is 1. The zero-order valence-electron chi connectivity index (χ0n) is 14.7. The van der Waals surface area contributed by atoms with Gasteiger partial charge in [0.1, 0.15) is 0 Å². The van der Waals surface area contributed by atoms with E-state index in [4.69, 9.17) is 21.1 Å². The third-order valence-corrected chi connectivity index (χ3v) is 5.18. The predicted molar refractivity (Wildman–Crippen MR) is 101 cm³/mol. The molecule has 0 radical (unpaired) electrons. The molecule has 0 saturated carbocycles.